The summed E-state index contributed by atoms with van der Waals surface area (Å²) in [4.78, 5) is 11.6. The van der Waals surface area contributed by atoms with Crippen molar-refractivity contribution in [3.63, 3.8) is 0 Å². The molecule has 0 aromatic heterocycles. The van der Waals surface area contributed by atoms with E-state index in [1.165, 1.54) is 0 Å². The van der Waals surface area contributed by atoms with Gasteiger partial charge in [-0.15, -0.1) is 0 Å². The second-order valence-corrected chi connectivity index (χ2v) is 3.48. The second-order valence-electron chi connectivity index (χ2n) is 3.48. The molecule has 3 heteroatoms. The maximum Gasteiger partial charge on any atom is 0.250 e. The summed E-state index contributed by atoms with van der Waals surface area (Å²) in [7, 11) is 1.61. The van der Waals surface area contributed by atoms with Gasteiger partial charge >= 0.3 is 0 Å². The maximum absolute atomic E-state index is 11.6. The van der Waals surface area contributed by atoms with Gasteiger partial charge in [0.2, 0.25) is 0 Å². The molecule has 0 aliphatic heterocycles. The van der Waals surface area contributed by atoms with E-state index in [0.29, 0.717) is 0 Å². The SMILES string of the molecule is CC/C=C(/C)C(=O)Nc1ccc(OC)cc1. The minimum Gasteiger partial charge on any atom is -0.497 e. The first-order chi connectivity index (χ1) is 7.67. The lowest BCUT2D eigenvalue weighted by atomic mass is 10.2. The second kappa shape index (κ2) is 5.95. The van der Waals surface area contributed by atoms with Gasteiger partial charge in [0.05, 0.1) is 7.11 Å². The predicted molar refractivity (Wildman–Crippen MR) is 65.7 cm³/mol. The number of amides is 1. The minimum absolute atomic E-state index is 0.0629. The number of hydrogen-bond donors (Lipinski definition) is 1. The number of hydrogen-bond acceptors (Lipinski definition) is 2. The number of ether oxygens (including phenoxy) is 1. The smallest absolute Gasteiger partial charge is 0.250 e. The standard InChI is InChI=1S/C13H17NO2/c1-4-5-10(2)13(15)14-11-6-8-12(16-3)9-7-11/h5-9H,4H2,1-3H3,(H,14,15)/b10-5-. The van der Waals surface area contributed by atoms with Crippen LogP contribution in [0, 0.1) is 0 Å². The third-order valence-electron chi connectivity index (χ3n) is 2.22. The zero-order chi connectivity index (χ0) is 12.0. The van der Waals surface area contributed by atoms with Crippen LogP contribution in [-0.4, -0.2) is 13.0 Å². The highest BCUT2D eigenvalue weighted by molar-refractivity contribution is 6.03. The molecular weight excluding hydrogens is 202 g/mol. The van der Waals surface area contributed by atoms with Crippen molar-refractivity contribution in [3.05, 3.63) is 35.9 Å². The Morgan fingerprint density at radius 3 is 2.50 bits per heavy atom. The number of allylic oxidation sites excluding steroid dienone is 1. The topological polar surface area (TPSA) is 38.3 Å². The molecule has 0 spiro atoms. The normalized spacial score (nSPS) is 11.1. The summed E-state index contributed by atoms with van der Waals surface area (Å²) >= 11 is 0. The molecule has 1 N–H and O–H groups in total. The summed E-state index contributed by atoms with van der Waals surface area (Å²) in [6.45, 7) is 3.81. The Hall–Kier alpha value is -1.77. The van der Waals surface area contributed by atoms with Crippen LogP contribution in [0.3, 0.4) is 0 Å². The van der Waals surface area contributed by atoms with Crippen molar-refractivity contribution < 1.29 is 9.53 Å². The summed E-state index contributed by atoms with van der Waals surface area (Å²) in [5.74, 6) is 0.714. The molecule has 1 rings (SSSR count). The van der Waals surface area contributed by atoms with Crippen molar-refractivity contribution in [2.75, 3.05) is 12.4 Å². The molecule has 1 aromatic rings. The van der Waals surface area contributed by atoms with E-state index in [4.69, 9.17) is 4.74 Å². The van der Waals surface area contributed by atoms with Gasteiger partial charge in [-0.3, -0.25) is 4.79 Å². The fraction of sp³-hybridized carbons (Fsp3) is 0.308. The number of carbonyl (C=O) groups excluding carboxylic acids is 1. The number of nitrogens with one attached hydrogen (secondary N) is 1. The summed E-state index contributed by atoms with van der Waals surface area (Å²) in [6, 6.07) is 7.26. The van der Waals surface area contributed by atoms with Gasteiger partial charge < -0.3 is 10.1 Å². The van der Waals surface area contributed by atoms with Crippen molar-refractivity contribution in [3.8, 4) is 5.75 Å². The third-order valence-corrected chi connectivity index (χ3v) is 2.22. The Balaban J connectivity index is 2.66. The first-order valence-electron chi connectivity index (χ1n) is 5.29. The summed E-state index contributed by atoms with van der Waals surface area (Å²) in [5, 5.41) is 2.82. The van der Waals surface area contributed by atoms with Crippen LogP contribution < -0.4 is 10.1 Å². The van der Waals surface area contributed by atoms with E-state index < -0.39 is 0 Å². The highest BCUT2D eigenvalue weighted by Crippen LogP contribution is 2.15. The summed E-state index contributed by atoms with van der Waals surface area (Å²) in [6.07, 6.45) is 2.76. The van der Waals surface area contributed by atoms with Gasteiger partial charge in [0, 0.05) is 11.3 Å². The van der Waals surface area contributed by atoms with Gasteiger partial charge in [-0.05, 0) is 37.6 Å². The van der Waals surface area contributed by atoms with E-state index in [-0.39, 0.29) is 5.91 Å². The highest BCUT2D eigenvalue weighted by Gasteiger charge is 2.03. The van der Waals surface area contributed by atoms with Crippen LogP contribution in [0.2, 0.25) is 0 Å². The van der Waals surface area contributed by atoms with Crippen molar-refractivity contribution >= 4 is 11.6 Å². The number of methoxy groups -OCH3 is 1. The maximum atomic E-state index is 11.6. The van der Waals surface area contributed by atoms with E-state index in [1.54, 1.807) is 7.11 Å². The molecule has 1 aromatic carbocycles. The van der Waals surface area contributed by atoms with Crippen LogP contribution in [0.5, 0.6) is 5.75 Å². The molecule has 0 unspecified atom stereocenters. The summed E-state index contributed by atoms with van der Waals surface area (Å²) in [5.41, 5.74) is 1.51. The molecule has 1 amide bonds. The number of rotatable bonds is 4. The van der Waals surface area contributed by atoms with Gasteiger partial charge in [0.25, 0.3) is 5.91 Å². The van der Waals surface area contributed by atoms with Gasteiger partial charge in [-0.25, -0.2) is 0 Å². The molecule has 0 heterocycles. The molecule has 0 aliphatic rings. The van der Waals surface area contributed by atoms with Crippen LogP contribution in [0.25, 0.3) is 0 Å². The monoisotopic (exact) mass is 219 g/mol. The fourth-order valence-corrected chi connectivity index (χ4v) is 1.30. The Bertz CT molecular complexity index is 379. The van der Waals surface area contributed by atoms with Gasteiger partial charge in [-0.2, -0.15) is 0 Å². The molecule has 0 bridgehead atoms. The Labute approximate surface area is 96.1 Å². The van der Waals surface area contributed by atoms with Crippen LogP contribution in [0.1, 0.15) is 20.3 Å². The molecule has 0 fully saturated rings. The molecule has 0 radical (unpaired) electrons. The fourth-order valence-electron chi connectivity index (χ4n) is 1.30. The first-order valence-corrected chi connectivity index (χ1v) is 5.29. The van der Waals surface area contributed by atoms with E-state index in [2.05, 4.69) is 5.32 Å². The average molecular weight is 219 g/mol. The van der Waals surface area contributed by atoms with Gasteiger partial charge in [0.1, 0.15) is 5.75 Å². The van der Waals surface area contributed by atoms with Gasteiger partial charge in [-0.1, -0.05) is 13.0 Å². The van der Waals surface area contributed by atoms with Crippen molar-refractivity contribution in [2.45, 2.75) is 20.3 Å². The van der Waals surface area contributed by atoms with E-state index in [0.717, 1.165) is 23.4 Å². The Kier molecular flexibility index (Phi) is 4.58. The molecular formula is C13H17NO2. The molecule has 0 saturated carbocycles. The van der Waals surface area contributed by atoms with E-state index in [9.17, 15) is 4.79 Å². The molecule has 3 nitrogen and oxygen atoms in total. The molecule has 16 heavy (non-hydrogen) atoms. The summed E-state index contributed by atoms with van der Waals surface area (Å²) < 4.78 is 5.04. The number of carbonyl (C=O) groups is 1. The Morgan fingerprint density at radius 1 is 1.38 bits per heavy atom. The largest absolute Gasteiger partial charge is 0.497 e. The number of anilines is 1. The van der Waals surface area contributed by atoms with Crippen LogP contribution in [0.4, 0.5) is 5.69 Å². The van der Waals surface area contributed by atoms with Gasteiger partial charge in [0.15, 0.2) is 0 Å². The molecule has 0 saturated heterocycles. The molecule has 0 aliphatic carbocycles. The lowest BCUT2D eigenvalue weighted by Crippen LogP contribution is -2.12. The predicted octanol–water partition coefficient (Wildman–Crippen LogP) is 2.99. The molecule has 0 atom stereocenters. The van der Waals surface area contributed by atoms with Crippen molar-refractivity contribution in [1.82, 2.24) is 0 Å². The van der Waals surface area contributed by atoms with Crippen LogP contribution in [-0.2, 0) is 4.79 Å². The lowest BCUT2D eigenvalue weighted by Gasteiger charge is -2.06. The zero-order valence-electron chi connectivity index (χ0n) is 9.91. The Morgan fingerprint density at radius 2 is 2.00 bits per heavy atom. The number of benzene rings is 1. The first kappa shape index (κ1) is 12.3. The molecule has 86 valence electrons. The van der Waals surface area contributed by atoms with Crippen LogP contribution >= 0.6 is 0 Å². The highest BCUT2D eigenvalue weighted by atomic mass is 16.5. The van der Waals surface area contributed by atoms with Crippen molar-refractivity contribution in [2.24, 2.45) is 0 Å². The average Bonchev–Trinajstić information content (AvgIpc) is 2.30. The van der Waals surface area contributed by atoms with E-state index in [1.807, 2.05) is 44.2 Å². The van der Waals surface area contributed by atoms with Crippen LogP contribution in [0.15, 0.2) is 35.9 Å². The van der Waals surface area contributed by atoms with Crippen molar-refractivity contribution in [1.29, 1.82) is 0 Å². The third kappa shape index (κ3) is 3.42. The lowest BCUT2D eigenvalue weighted by molar-refractivity contribution is -0.112. The quantitative estimate of drug-likeness (QED) is 0.790. The zero-order valence-corrected chi connectivity index (χ0v) is 9.91. The minimum atomic E-state index is -0.0629. The van der Waals surface area contributed by atoms with E-state index >= 15 is 0 Å².